The standard InChI is InChI=1S/C15H13NO/c1-11-15(12-7-3-2-4-8-12)16-13-9-5-6-10-14(13)17-11/h2-11H,1H3. The molecule has 0 bridgehead atoms. The SMILES string of the molecule is CC1Oc2ccccc2N=C1c1ccccc1. The van der Waals surface area contributed by atoms with Crippen LogP contribution in [0, 0.1) is 0 Å². The first-order valence-corrected chi connectivity index (χ1v) is 5.74. The minimum atomic E-state index is -0.00713. The van der Waals surface area contributed by atoms with Crippen molar-refractivity contribution in [1.29, 1.82) is 0 Å². The number of hydrogen-bond acceptors (Lipinski definition) is 2. The van der Waals surface area contributed by atoms with Crippen molar-refractivity contribution in [2.45, 2.75) is 13.0 Å². The molecule has 0 radical (unpaired) electrons. The Labute approximate surface area is 101 Å². The van der Waals surface area contributed by atoms with Crippen LogP contribution < -0.4 is 4.74 Å². The smallest absolute Gasteiger partial charge is 0.145 e. The molecule has 1 heterocycles. The second-order valence-corrected chi connectivity index (χ2v) is 4.09. The summed E-state index contributed by atoms with van der Waals surface area (Å²) in [6.45, 7) is 2.03. The van der Waals surface area contributed by atoms with Crippen LogP contribution in [0.3, 0.4) is 0 Å². The number of nitrogens with zero attached hydrogens (tertiary/aromatic N) is 1. The third-order valence-corrected chi connectivity index (χ3v) is 2.86. The van der Waals surface area contributed by atoms with E-state index in [1.807, 2.05) is 49.4 Å². The van der Waals surface area contributed by atoms with Gasteiger partial charge >= 0.3 is 0 Å². The largest absolute Gasteiger partial charge is 0.482 e. The summed E-state index contributed by atoms with van der Waals surface area (Å²) in [5.74, 6) is 0.861. The lowest BCUT2D eigenvalue weighted by molar-refractivity contribution is 0.283. The molecule has 1 unspecified atom stereocenters. The Morgan fingerprint density at radius 1 is 0.941 bits per heavy atom. The van der Waals surface area contributed by atoms with Gasteiger partial charge in [0.1, 0.15) is 17.5 Å². The maximum atomic E-state index is 5.87. The van der Waals surface area contributed by atoms with Crippen LogP contribution in [0.15, 0.2) is 59.6 Å². The molecular weight excluding hydrogens is 210 g/mol. The molecule has 2 aromatic carbocycles. The zero-order chi connectivity index (χ0) is 11.7. The maximum absolute atomic E-state index is 5.87. The highest BCUT2D eigenvalue weighted by Gasteiger charge is 2.20. The first-order chi connectivity index (χ1) is 8.34. The first-order valence-electron chi connectivity index (χ1n) is 5.74. The van der Waals surface area contributed by atoms with Gasteiger partial charge in [-0.1, -0.05) is 42.5 Å². The van der Waals surface area contributed by atoms with Gasteiger partial charge in [-0.05, 0) is 24.6 Å². The monoisotopic (exact) mass is 223 g/mol. The van der Waals surface area contributed by atoms with E-state index in [1.54, 1.807) is 0 Å². The number of aliphatic imine (C=N–C) groups is 1. The van der Waals surface area contributed by atoms with Crippen molar-refractivity contribution in [3.8, 4) is 5.75 Å². The minimum absolute atomic E-state index is 0.00713. The second-order valence-electron chi connectivity index (χ2n) is 4.09. The molecule has 17 heavy (non-hydrogen) atoms. The molecule has 3 rings (SSSR count). The molecule has 1 atom stereocenters. The van der Waals surface area contributed by atoms with E-state index in [0.717, 1.165) is 22.7 Å². The number of rotatable bonds is 1. The van der Waals surface area contributed by atoms with E-state index in [-0.39, 0.29) is 6.10 Å². The fourth-order valence-corrected chi connectivity index (χ4v) is 2.02. The van der Waals surface area contributed by atoms with Crippen molar-refractivity contribution in [2.24, 2.45) is 4.99 Å². The van der Waals surface area contributed by atoms with Crippen LogP contribution in [0.2, 0.25) is 0 Å². The predicted molar refractivity (Wildman–Crippen MR) is 69.2 cm³/mol. The Morgan fingerprint density at radius 2 is 1.65 bits per heavy atom. The Kier molecular flexibility index (Phi) is 2.41. The van der Waals surface area contributed by atoms with Crippen LogP contribution in [0.5, 0.6) is 5.75 Å². The van der Waals surface area contributed by atoms with Crippen LogP contribution in [0.4, 0.5) is 5.69 Å². The van der Waals surface area contributed by atoms with Crippen molar-refractivity contribution < 1.29 is 4.74 Å². The molecule has 0 aromatic heterocycles. The summed E-state index contributed by atoms with van der Waals surface area (Å²) in [6, 6.07) is 18.0. The zero-order valence-corrected chi connectivity index (χ0v) is 9.63. The summed E-state index contributed by atoms with van der Waals surface area (Å²) in [6.07, 6.45) is -0.00713. The van der Waals surface area contributed by atoms with Crippen molar-refractivity contribution in [2.75, 3.05) is 0 Å². The molecule has 1 aliphatic heterocycles. The molecule has 0 saturated carbocycles. The molecule has 2 heteroatoms. The maximum Gasteiger partial charge on any atom is 0.145 e. The van der Waals surface area contributed by atoms with E-state index in [0.29, 0.717) is 0 Å². The Balaban J connectivity index is 2.10. The average Bonchev–Trinajstić information content (AvgIpc) is 2.39. The van der Waals surface area contributed by atoms with Crippen molar-refractivity contribution in [1.82, 2.24) is 0 Å². The molecule has 0 amide bonds. The van der Waals surface area contributed by atoms with E-state index in [1.165, 1.54) is 0 Å². The Hall–Kier alpha value is -2.09. The van der Waals surface area contributed by atoms with Gasteiger partial charge < -0.3 is 4.74 Å². The van der Waals surface area contributed by atoms with E-state index in [4.69, 9.17) is 4.74 Å². The fraction of sp³-hybridized carbons (Fsp3) is 0.133. The summed E-state index contributed by atoms with van der Waals surface area (Å²) >= 11 is 0. The number of ether oxygens (including phenoxy) is 1. The van der Waals surface area contributed by atoms with Crippen molar-refractivity contribution in [3.05, 3.63) is 60.2 Å². The van der Waals surface area contributed by atoms with Crippen LogP contribution in [-0.2, 0) is 0 Å². The number of para-hydroxylation sites is 2. The normalized spacial score (nSPS) is 17.9. The third-order valence-electron chi connectivity index (χ3n) is 2.86. The molecule has 0 spiro atoms. The van der Waals surface area contributed by atoms with Crippen molar-refractivity contribution in [3.63, 3.8) is 0 Å². The van der Waals surface area contributed by atoms with E-state index < -0.39 is 0 Å². The lowest BCUT2D eigenvalue weighted by Gasteiger charge is -2.23. The fourth-order valence-electron chi connectivity index (χ4n) is 2.02. The summed E-state index contributed by atoms with van der Waals surface area (Å²) < 4.78 is 5.87. The topological polar surface area (TPSA) is 21.6 Å². The highest BCUT2D eigenvalue weighted by molar-refractivity contribution is 6.06. The first kappa shape index (κ1) is 10.1. The quantitative estimate of drug-likeness (QED) is 0.724. The number of hydrogen-bond donors (Lipinski definition) is 0. The van der Waals surface area contributed by atoms with Crippen LogP contribution >= 0.6 is 0 Å². The molecule has 2 aromatic rings. The van der Waals surface area contributed by atoms with E-state index in [2.05, 4.69) is 17.1 Å². The van der Waals surface area contributed by atoms with Gasteiger partial charge in [0.2, 0.25) is 0 Å². The van der Waals surface area contributed by atoms with Gasteiger partial charge in [-0.25, -0.2) is 4.99 Å². The molecule has 84 valence electrons. The Bertz CT molecular complexity index is 560. The summed E-state index contributed by atoms with van der Waals surface area (Å²) in [7, 11) is 0. The molecule has 1 aliphatic rings. The molecule has 0 fully saturated rings. The van der Waals surface area contributed by atoms with Crippen LogP contribution in [-0.4, -0.2) is 11.8 Å². The summed E-state index contributed by atoms with van der Waals surface area (Å²) in [5, 5.41) is 0. The third kappa shape index (κ3) is 1.82. The Morgan fingerprint density at radius 3 is 2.47 bits per heavy atom. The van der Waals surface area contributed by atoms with E-state index >= 15 is 0 Å². The molecule has 0 N–H and O–H groups in total. The second kappa shape index (κ2) is 4.06. The summed E-state index contributed by atoms with van der Waals surface area (Å²) in [4.78, 5) is 4.69. The molecule has 0 saturated heterocycles. The highest BCUT2D eigenvalue weighted by Crippen LogP contribution is 2.33. The minimum Gasteiger partial charge on any atom is -0.482 e. The predicted octanol–water partition coefficient (Wildman–Crippen LogP) is 3.59. The number of fused-ring (bicyclic) bond motifs is 1. The van der Waals surface area contributed by atoms with Crippen molar-refractivity contribution >= 4 is 11.4 Å². The van der Waals surface area contributed by atoms with Gasteiger partial charge in [-0.2, -0.15) is 0 Å². The summed E-state index contributed by atoms with van der Waals surface area (Å²) in [5.41, 5.74) is 3.02. The van der Waals surface area contributed by atoms with E-state index in [9.17, 15) is 0 Å². The van der Waals surface area contributed by atoms with Gasteiger partial charge in [-0.15, -0.1) is 0 Å². The van der Waals surface area contributed by atoms with Gasteiger partial charge in [-0.3, -0.25) is 0 Å². The van der Waals surface area contributed by atoms with Gasteiger partial charge in [0.25, 0.3) is 0 Å². The lowest BCUT2D eigenvalue weighted by Crippen LogP contribution is -2.27. The van der Waals surface area contributed by atoms with Crippen LogP contribution in [0.1, 0.15) is 12.5 Å². The molecular formula is C15H13NO. The van der Waals surface area contributed by atoms with Gasteiger partial charge in [0.05, 0.1) is 5.71 Å². The van der Waals surface area contributed by atoms with Gasteiger partial charge in [0, 0.05) is 0 Å². The average molecular weight is 223 g/mol. The zero-order valence-electron chi connectivity index (χ0n) is 9.63. The van der Waals surface area contributed by atoms with Gasteiger partial charge in [0.15, 0.2) is 0 Å². The lowest BCUT2D eigenvalue weighted by atomic mass is 10.0. The molecule has 0 aliphatic carbocycles. The number of benzene rings is 2. The molecule has 2 nitrogen and oxygen atoms in total. The highest BCUT2D eigenvalue weighted by atomic mass is 16.5. The van der Waals surface area contributed by atoms with Crippen LogP contribution in [0.25, 0.3) is 0 Å².